The maximum atomic E-state index is 13.0. The molecule has 4 rings (SSSR count). The van der Waals surface area contributed by atoms with Gasteiger partial charge in [-0.3, -0.25) is 24.1 Å². The van der Waals surface area contributed by atoms with E-state index >= 15 is 0 Å². The van der Waals surface area contributed by atoms with E-state index in [1.165, 1.54) is 24.6 Å². The first-order valence-electron chi connectivity index (χ1n) is 9.73. The van der Waals surface area contributed by atoms with E-state index in [0.29, 0.717) is 17.1 Å². The molecule has 1 aliphatic carbocycles. The van der Waals surface area contributed by atoms with Gasteiger partial charge < -0.3 is 5.32 Å². The molecule has 2 aromatic rings. The van der Waals surface area contributed by atoms with Crippen molar-refractivity contribution in [1.29, 1.82) is 0 Å². The number of aromatic amines is 1. The standard InChI is InChI=1S/C19H27N5O2S/c1-11-15(12(2)23(3)21-11)17-16-18(20-14(25)10-27-17)24(22-19(16)26)13-8-6-4-5-7-9-13/h13,17H,4-10H2,1-3H3,(H,20,25)(H,22,26)/t17-/m0/s1. The number of anilines is 1. The highest BCUT2D eigenvalue weighted by atomic mass is 32.2. The summed E-state index contributed by atoms with van der Waals surface area (Å²) in [6.07, 6.45) is 6.87. The van der Waals surface area contributed by atoms with Crippen molar-refractivity contribution in [1.82, 2.24) is 19.6 Å². The minimum atomic E-state index is -0.191. The Hall–Kier alpha value is -1.96. The highest BCUT2D eigenvalue weighted by Crippen LogP contribution is 2.43. The van der Waals surface area contributed by atoms with Crippen molar-refractivity contribution < 1.29 is 4.79 Å². The van der Waals surface area contributed by atoms with Crippen molar-refractivity contribution >= 4 is 23.5 Å². The van der Waals surface area contributed by atoms with E-state index < -0.39 is 0 Å². The van der Waals surface area contributed by atoms with Crippen LogP contribution in [0.1, 0.15) is 72.3 Å². The topological polar surface area (TPSA) is 84.7 Å². The maximum Gasteiger partial charge on any atom is 0.270 e. The largest absolute Gasteiger partial charge is 0.310 e. The summed E-state index contributed by atoms with van der Waals surface area (Å²) in [7, 11) is 1.92. The number of hydrogen-bond donors (Lipinski definition) is 2. The molecule has 27 heavy (non-hydrogen) atoms. The fourth-order valence-electron chi connectivity index (χ4n) is 4.43. The normalized spacial score (nSPS) is 21.4. The van der Waals surface area contributed by atoms with Crippen LogP contribution in [0.3, 0.4) is 0 Å². The zero-order valence-electron chi connectivity index (χ0n) is 16.2. The molecule has 1 amide bonds. The lowest BCUT2D eigenvalue weighted by Gasteiger charge is -2.19. The number of rotatable bonds is 2. The van der Waals surface area contributed by atoms with Crippen LogP contribution in [0.5, 0.6) is 0 Å². The Kier molecular flexibility index (Phi) is 4.92. The monoisotopic (exact) mass is 389 g/mol. The predicted octanol–water partition coefficient (Wildman–Crippen LogP) is 3.20. The van der Waals surface area contributed by atoms with Crippen LogP contribution < -0.4 is 10.9 Å². The zero-order valence-corrected chi connectivity index (χ0v) is 17.0. The molecule has 1 saturated carbocycles. The molecular weight excluding hydrogens is 362 g/mol. The Morgan fingerprint density at radius 1 is 1.07 bits per heavy atom. The van der Waals surface area contributed by atoms with Gasteiger partial charge in [-0.2, -0.15) is 5.10 Å². The molecule has 0 spiro atoms. The van der Waals surface area contributed by atoms with Crippen LogP contribution >= 0.6 is 11.8 Å². The first-order valence-corrected chi connectivity index (χ1v) is 10.8. The van der Waals surface area contributed by atoms with E-state index in [0.717, 1.165) is 42.6 Å². The van der Waals surface area contributed by atoms with Crippen molar-refractivity contribution in [3.8, 4) is 0 Å². The molecule has 146 valence electrons. The average Bonchev–Trinajstić information content (AvgIpc) is 2.91. The van der Waals surface area contributed by atoms with Crippen LogP contribution in [0, 0.1) is 13.8 Å². The lowest BCUT2D eigenvalue weighted by atomic mass is 10.0. The second-order valence-corrected chi connectivity index (χ2v) is 8.76. The number of amides is 1. The Bertz CT molecular complexity index is 917. The van der Waals surface area contributed by atoms with E-state index in [1.54, 1.807) is 0 Å². The molecule has 0 saturated heterocycles. The van der Waals surface area contributed by atoms with Crippen molar-refractivity contribution in [3.05, 3.63) is 32.9 Å². The molecule has 0 aromatic carbocycles. The third kappa shape index (κ3) is 3.24. The van der Waals surface area contributed by atoms with Gasteiger partial charge in [0.25, 0.3) is 5.56 Å². The molecule has 3 heterocycles. The van der Waals surface area contributed by atoms with Gasteiger partial charge in [0.2, 0.25) is 5.91 Å². The molecule has 0 radical (unpaired) electrons. The number of aromatic nitrogens is 4. The van der Waals surface area contributed by atoms with E-state index in [4.69, 9.17) is 0 Å². The minimum absolute atomic E-state index is 0.0516. The number of nitrogens with one attached hydrogen (secondary N) is 2. The fraction of sp³-hybridized carbons (Fsp3) is 0.632. The third-order valence-electron chi connectivity index (χ3n) is 5.88. The number of hydrogen-bond acceptors (Lipinski definition) is 4. The van der Waals surface area contributed by atoms with Gasteiger partial charge in [-0.05, 0) is 26.7 Å². The van der Waals surface area contributed by atoms with Crippen LogP contribution in [0.2, 0.25) is 0 Å². The van der Waals surface area contributed by atoms with Gasteiger partial charge in [0.1, 0.15) is 5.82 Å². The van der Waals surface area contributed by atoms with Crippen LogP contribution in [0.15, 0.2) is 4.79 Å². The van der Waals surface area contributed by atoms with Crippen molar-refractivity contribution in [2.75, 3.05) is 11.1 Å². The predicted molar refractivity (Wildman–Crippen MR) is 107 cm³/mol. The Morgan fingerprint density at radius 3 is 2.41 bits per heavy atom. The number of carbonyl (C=O) groups excluding carboxylic acids is 1. The van der Waals surface area contributed by atoms with E-state index in [2.05, 4.69) is 15.5 Å². The Labute approximate surface area is 162 Å². The minimum Gasteiger partial charge on any atom is -0.310 e. The van der Waals surface area contributed by atoms with Gasteiger partial charge in [-0.25, -0.2) is 0 Å². The summed E-state index contributed by atoms with van der Waals surface area (Å²) in [4.78, 5) is 25.4. The van der Waals surface area contributed by atoms with Crippen LogP contribution in [0.4, 0.5) is 5.82 Å². The molecule has 0 bridgehead atoms. The first-order chi connectivity index (χ1) is 13.0. The van der Waals surface area contributed by atoms with Gasteiger partial charge >= 0.3 is 0 Å². The number of nitrogens with zero attached hydrogens (tertiary/aromatic N) is 3. The smallest absolute Gasteiger partial charge is 0.270 e. The molecule has 0 unspecified atom stereocenters. The Balaban J connectivity index is 1.85. The molecule has 2 aliphatic rings. The molecule has 1 aliphatic heterocycles. The lowest BCUT2D eigenvalue weighted by Crippen LogP contribution is -2.19. The number of fused-ring (bicyclic) bond motifs is 1. The van der Waals surface area contributed by atoms with Gasteiger partial charge in [0, 0.05) is 18.3 Å². The van der Waals surface area contributed by atoms with E-state index in [1.807, 2.05) is 30.3 Å². The number of thioether (sulfide) groups is 1. The molecule has 8 heteroatoms. The van der Waals surface area contributed by atoms with Crippen LogP contribution in [-0.4, -0.2) is 31.2 Å². The van der Waals surface area contributed by atoms with E-state index in [-0.39, 0.29) is 22.8 Å². The molecule has 7 nitrogen and oxygen atoms in total. The van der Waals surface area contributed by atoms with Gasteiger partial charge in [-0.15, -0.1) is 11.8 Å². The second kappa shape index (κ2) is 7.22. The van der Waals surface area contributed by atoms with Crippen LogP contribution in [-0.2, 0) is 11.8 Å². The number of H-pyrrole nitrogens is 1. The number of aryl methyl sites for hydroxylation is 2. The molecule has 1 fully saturated rings. The van der Waals surface area contributed by atoms with E-state index in [9.17, 15) is 9.59 Å². The zero-order chi connectivity index (χ0) is 19.1. The maximum absolute atomic E-state index is 13.0. The third-order valence-corrected chi connectivity index (χ3v) is 7.11. The van der Waals surface area contributed by atoms with Crippen molar-refractivity contribution in [3.63, 3.8) is 0 Å². The van der Waals surface area contributed by atoms with Crippen molar-refractivity contribution in [2.45, 2.75) is 63.7 Å². The summed E-state index contributed by atoms with van der Waals surface area (Å²) < 4.78 is 3.79. The Morgan fingerprint density at radius 2 is 1.78 bits per heavy atom. The van der Waals surface area contributed by atoms with Crippen LogP contribution in [0.25, 0.3) is 0 Å². The molecule has 2 aromatic heterocycles. The summed E-state index contributed by atoms with van der Waals surface area (Å²) in [5, 5.41) is 10.4. The van der Waals surface area contributed by atoms with Crippen molar-refractivity contribution in [2.24, 2.45) is 7.05 Å². The lowest BCUT2D eigenvalue weighted by molar-refractivity contribution is -0.113. The second-order valence-electron chi connectivity index (χ2n) is 7.67. The summed E-state index contributed by atoms with van der Waals surface area (Å²) in [5.74, 6) is 0.941. The SMILES string of the molecule is Cc1nn(C)c(C)c1[C@@H]1SCC(=O)Nc2c1c(=O)[nH]n2C1CCCCCC1. The summed E-state index contributed by atoms with van der Waals surface area (Å²) in [6, 6.07) is 0.240. The summed E-state index contributed by atoms with van der Waals surface area (Å²) in [6.45, 7) is 3.99. The molecule has 2 N–H and O–H groups in total. The number of carbonyl (C=O) groups is 1. The highest BCUT2D eigenvalue weighted by molar-refractivity contribution is 8.00. The van der Waals surface area contributed by atoms with Gasteiger partial charge in [0.05, 0.1) is 28.3 Å². The van der Waals surface area contributed by atoms with Gasteiger partial charge in [-0.1, -0.05) is 25.7 Å². The summed E-state index contributed by atoms with van der Waals surface area (Å²) in [5.41, 5.74) is 3.55. The first kappa shape index (κ1) is 18.4. The highest BCUT2D eigenvalue weighted by Gasteiger charge is 2.34. The average molecular weight is 390 g/mol. The quantitative estimate of drug-likeness (QED) is 0.773. The fourth-order valence-corrected chi connectivity index (χ4v) is 5.71. The molecule has 1 atom stereocenters. The van der Waals surface area contributed by atoms with Gasteiger partial charge in [0.15, 0.2) is 0 Å². The molecular formula is C19H27N5O2S. The summed E-state index contributed by atoms with van der Waals surface area (Å²) >= 11 is 1.51.